The minimum absolute atomic E-state index is 0.302. The Morgan fingerprint density at radius 1 is 1.45 bits per heavy atom. The highest BCUT2D eigenvalue weighted by Crippen LogP contribution is 2.16. The third-order valence-electron chi connectivity index (χ3n) is 3.47. The summed E-state index contributed by atoms with van der Waals surface area (Å²) < 4.78 is 4.92. The van der Waals surface area contributed by atoms with E-state index in [1.165, 1.54) is 22.3 Å². The van der Waals surface area contributed by atoms with Crippen LogP contribution in [-0.2, 0) is 19.1 Å². The van der Waals surface area contributed by atoms with Gasteiger partial charge in [-0.1, -0.05) is 0 Å². The lowest BCUT2D eigenvalue weighted by atomic mass is 9.97. The Morgan fingerprint density at radius 3 is 2.95 bits per heavy atom. The number of hydrogen-bond donors (Lipinski definition) is 1. The number of carbonyl (C=O) groups is 3. The molecule has 1 atom stereocenters. The van der Waals surface area contributed by atoms with Crippen molar-refractivity contribution in [2.45, 2.75) is 12.8 Å². The summed E-state index contributed by atoms with van der Waals surface area (Å²) in [5.74, 6) is -1.58. The molecule has 2 amide bonds. The Morgan fingerprint density at radius 2 is 2.27 bits per heavy atom. The van der Waals surface area contributed by atoms with Gasteiger partial charge in [-0.25, -0.2) is 4.79 Å². The number of likely N-dealkylation sites (tertiary alicyclic amines) is 1. The van der Waals surface area contributed by atoms with Crippen molar-refractivity contribution in [2.24, 2.45) is 11.7 Å². The summed E-state index contributed by atoms with van der Waals surface area (Å²) in [6.45, 7) is 0.541. The standard InChI is InChI=1S/C15H18N2O4S/c16-15(20)12-2-1-6-17(8-12)13(18)9-21-14(19)4-3-11-5-7-22-10-11/h3-5,7,10,12H,1-2,6,8-9H2,(H2,16,20)/b4-3+/t12-/m0/s1. The van der Waals surface area contributed by atoms with Crippen LogP contribution in [0.3, 0.4) is 0 Å². The fraction of sp³-hybridized carbons (Fsp3) is 0.400. The highest BCUT2D eigenvalue weighted by Gasteiger charge is 2.27. The first-order chi connectivity index (χ1) is 10.6. The second kappa shape index (κ2) is 7.74. The molecule has 0 aromatic carbocycles. The van der Waals surface area contributed by atoms with Crippen molar-refractivity contribution in [3.05, 3.63) is 28.5 Å². The first-order valence-corrected chi connectivity index (χ1v) is 7.94. The molecule has 22 heavy (non-hydrogen) atoms. The molecule has 1 saturated heterocycles. The first kappa shape index (κ1) is 16.2. The van der Waals surface area contributed by atoms with E-state index in [9.17, 15) is 14.4 Å². The molecule has 1 fully saturated rings. The van der Waals surface area contributed by atoms with E-state index in [0.29, 0.717) is 19.5 Å². The molecule has 1 aromatic heterocycles. The molecule has 1 aliphatic heterocycles. The number of piperidine rings is 1. The van der Waals surface area contributed by atoms with Crippen LogP contribution in [0.2, 0.25) is 0 Å². The summed E-state index contributed by atoms with van der Waals surface area (Å²) in [4.78, 5) is 36.2. The van der Waals surface area contributed by atoms with E-state index in [1.54, 1.807) is 6.08 Å². The molecule has 2 heterocycles. The molecule has 0 unspecified atom stereocenters. The summed E-state index contributed by atoms with van der Waals surface area (Å²) in [5.41, 5.74) is 6.18. The minimum Gasteiger partial charge on any atom is -0.452 e. The largest absolute Gasteiger partial charge is 0.452 e. The van der Waals surface area contributed by atoms with Crippen LogP contribution in [0.25, 0.3) is 6.08 Å². The van der Waals surface area contributed by atoms with Gasteiger partial charge in [-0.3, -0.25) is 9.59 Å². The molecule has 0 radical (unpaired) electrons. The lowest BCUT2D eigenvalue weighted by Gasteiger charge is -2.30. The van der Waals surface area contributed by atoms with Crippen molar-refractivity contribution < 1.29 is 19.1 Å². The molecular formula is C15H18N2O4S. The average Bonchev–Trinajstić information content (AvgIpc) is 3.04. The van der Waals surface area contributed by atoms with Crippen LogP contribution in [0, 0.1) is 5.92 Å². The summed E-state index contributed by atoms with van der Waals surface area (Å²) in [6, 6.07) is 1.87. The third kappa shape index (κ3) is 4.70. The average molecular weight is 322 g/mol. The second-order valence-electron chi connectivity index (χ2n) is 5.08. The molecule has 0 aliphatic carbocycles. The molecule has 7 heteroatoms. The molecule has 0 bridgehead atoms. The Bertz CT molecular complexity index is 568. The minimum atomic E-state index is -0.567. The van der Waals surface area contributed by atoms with Crippen LogP contribution in [0.5, 0.6) is 0 Å². The highest BCUT2D eigenvalue weighted by atomic mass is 32.1. The SMILES string of the molecule is NC(=O)[C@H]1CCCN(C(=O)COC(=O)/C=C/c2ccsc2)C1. The zero-order valence-electron chi connectivity index (χ0n) is 12.1. The van der Waals surface area contributed by atoms with E-state index in [4.69, 9.17) is 10.5 Å². The van der Waals surface area contributed by atoms with Crippen LogP contribution in [0.1, 0.15) is 18.4 Å². The van der Waals surface area contributed by atoms with Gasteiger partial charge in [0.05, 0.1) is 5.92 Å². The van der Waals surface area contributed by atoms with Crippen molar-refractivity contribution in [1.29, 1.82) is 0 Å². The number of rotatable bonds is 5. The van der Waals surface area contributed by atoms with E-state index in [0.717, 1.165) is 12.0 Å². The van der Waals surface area contributed by atoms with E-state index in [1.807, 2.05) is 16.8 Å². The number of esters is 1. The zero-order chi connectivity index (χ0) is 15.9. The maximum Gasteiger partial charge on any atom is 0.331 e. The van der Waals surface area contributed by atoms with Gasteiger partial charge in [0, 0.05) is 19.2 Å². The van der Waals surface area contributed by atoms with Gasteiger partial charge in [0.1, 0.15) is 0 Å². The quantitative estimate of drug-likeness (QED) is 0.647. The van der Waals surface area contributed by atoms with Gasteiger partial charge in [0.2, 0.25) is 5.91 Å². The molecule has 118 valence electrons. The fourth-order valence-electron chi connectivity index (χ4n) is 2.24. The van der Waals surface area contributed by atoms with Gasteiger partial charge >= 0.3 is 5.97 Å². The van der Waals surface area contributed by atoms with Crippen molar-refractivity contribution in [3.8, 4) is 0 Å². The highest BCUT2D eigenvalue weighted by molar-refractivity contribution is 7.08. The predicted octanol–water partition coefficient (Wildman–Crippen LogP) is 1.03. The van der Waals surface area contributed by atoms with Crippen molar-refractivity contribution in [2.75, 3.05) is 19.7 Å². The molecule has 1 aromatic rings. The van der Waals surface area contributed by atoms with Crippen LogP contribution in [-0.4, -0.2) is 42.4 Å². The topological polar surface area (TPSA) is 89.7 Å². The molecule has 0 spiro atoms. The number of primary amides is 1. The van der Waals surface area contributed by atoms with Crippen molar-refractivity contribution >= 4 is 35.2 Å². The normalized spacial score (nSPS) is 18.4. The predicted molar refractivity (Wildman–Crippen MR) is 82.8 cm³/mol. The van der Waals surface area contributed by atoms with Crippen molar-refractivity contribution in [3.63, 3.8) is 0 Å². The van der Waals surface area contributed by atoms with E-state index in [2.05, 4.69) is 0 Å². The van der Waals surface area contributed by atoms with Crippen molar-refractivity contribution in [1.82, 2.24) is 4.90 Å². The number of hydrogen-bond acceptors (Lipinski definition) is 5. The molecule has 2 rings (SSSR count). The molecule has 1 aliphatic rings. The maximum absolute atomic E-state index is 12.0. The molecular weight excluding hydrogens is 304 g/mol. The molecule has 6 nitrogen and oxygen atoms in total. The Labute approximate surface area is 132 Å². The van der Waals surface area contributed by atoms with E-state index >= 15 is 0 Å². The number of ether oxygens (including phenoxy) is 1. The van der Waals surface area contributed by atoms with Crippen LogP contribution < -0.4 is 5.73 Å². The van der Waals surface area contributed by atoms with Gasteiger partial charge in [-0.2, -0.15) is 11.3 Å². The lowest BCUT2D eigenvalue weighted by molar-refractivity contribution is -0.149. The van der Waals surface area contributed by atoms with E-state index < -0.39 is 11.9 Å². The molecule has 2 N–H and O–H groups in total. The van der Waals surface area contributed by atoms with Gasteiger partial charge in [-0.15, -0.1) is 0 Å². The summed E-state index contributed by atoms with van der Waals surface area (Å²) in [5, 5.41) is 3.80. The number of nitrogens with zero attached hydrogens (tertiary/aromatic N) is 1. The van der Waals surface area contributed by atoms with Crippen LogP contribution in [0.4, 0.5) is 0 Å². The first-order valence-electron chi connectivity index (χ1n) is 7.00. The van der Waals surface area contributed by atoms with E-state index in [-0.39, 0.29) is 18.4 Å². The number of amides is 2. The van der Waals surface area contributed by atoms with Gasteiger partial charge in [0.25, 0.3) is 5.91 Å². The van der Waals surface area contributed by atoms with Gasteiger partial charge in [-0.05, 0) is 41.3 Å². The van der Waals surface area contributed by atoms with Gasteiger partial charge < -0.3 is 15.4 Å². The molecule has 0 saturated carbocycles. The number of nitrogens with two attached hydrogens (primary N) is 1. The zero-order valence-corrected chi connectivity index (χ0v) is 12.9. The van der Waals surface area contributed by atoms with Crippen LogP contribution >= 0.6 is 11.3 Å². The fourth-order valence-corrected chi connectivity index (χ4v) is 2.87. The monoisotopic (exact) mass is 322 g/mol. The Hall–Kier alpha value is -2.15. The maximum atomic E-state index is 12.0. The summed E-state index contributed by atoms with van der Waals surface area (Å²) >= 11 is 1.53. The van der Waals surface area contributed by atoms with Crippen LogP contribution in [0.15, 0.2) is 22.9 Å². The number of carbonyl (C=O) groups excluding carboxylic acids is 3. The van der Waals surface area contributed by atoms with Gasteiger partial charge in [0.15, 0.2) is 6.61 Å². The summed E-state index contributed by atoms with van der Waals surface area (Å²) in [6.07, 6.45) is 4.35. The summed E-state index contributed by atoms with van der Waals surface area (Å²) in [7, 11) is 0. The number of thiophene rings is 1. The Balaban J connectivity index is 1.77. The Kier molecular flexibility index (Phi) is 5.71. The smallest absolute Gasteiger partial charge is 0.331 e. The third-order valence-corrected chi connectivity index (χ3v) is 4.17. The lowest BCUT2D eigenvalue weighted by Crippen LogP contribution is -2.45. The second-order valence-corrected chi connectivity index (χ2v) is 5.86.